The minimum Gasteiger partial charge on any atom is -0.481 e. The summed E-state index contributed by atoms with van der Waals surface area (Å²) in [6.45, 7) is 2.55. The summed E-state index contributed by atoms with van der Waals surface area (Å²) in [5, 5.41) is 9.14. The number of aliphatic carboxylic acids is 1. The summed E-state index contributed by atoms with van der Waals surface area (Å²) < 4.78 is 10.6. The molecule has 1 aromatic rings. The zero-order valence-electron chi connectivity index (χ0n) is 12.4. The summed E-state index contributed by atoms with van der Waals surface area (Å²) in [6.07, 6.45) is 0. The van der Waals surface area contributed by atoms with Crippen LogP contribution in [0.1, 0.15) is 11.5 Å². The van der Waals surface area contributed by atoms with E-state index in [0.717, 1.165) is 5.76 Å². The van der Waals surface area contributed by atoms with Crippen LogP contribution in [0.4, 0.5) is 4.79 Å². The van der Waals surface area contributed by atoms with Gasteiger partial charge in [0.25, 0.3) is 0 Å². The predicted molar refractivity (Wildman–Crippen MR) is 73.8 cm³/mol. The summed E-state index contributed by atoms with van der Waals surface area (Å²) >= 11 is 0. The molecule has 1 N–H and O–H groups in total. The molecule has 2 unspecified atom stereocenters. The van der Waals surface area contributed by atoms with Gasteiger partial charge in [0.15, 0.2) is 0 Å². The van der Waals surface area contributed by atoms with Gasteiger partial charge in [-0.2, -0.15) is 0 Å². The molecule has 1 aliphatic rings. The van der Waals surface area contributed by atoms with E-state index in [0.29, 0.717) is 12.3 Å². The number of amides is 2. The Balaban J connectivity index is 1.99. The molecule has 1 fully saturated rings. The van der Waals surface area contributed by atoms with Gasteiger partial charge >= 0.3 is 12.0 Å². The van der Waals surface area contributed by atoms with Gasteiger partial charge in [0.1, 0.15) is 17.4 Å². The van der Waals surface area contributed by atoms with Crippen molar-refractivity contribution in [2.24, 2.45) is 5.92 Å². The second-order valence-electron chi connectivity index (χ2n) is 5.31. The first-order valence-corrected chi connectivity index (χ1v) is 6.74. The van der Waals surface area contributed by atoms with Gasteiger partial charge in [-0.25, -0.2) is 4.79 Å². The normalized spacial score (nSPS) is 21.3. The maximum Gasteiger partial charge on any atom is 0.320 e. The molecule has 1 aromatic heterocycles. The first kappa shape index (κ1) is 15.4. The van der Waals surface area contributed by atoms with Crippen molar-refractivity contribution in [3.05, 3.63) is 23.7 Å². The first-order chi connectivity index (χ1) is 9.90. The minimum absolute atomic E-state index is 0.138. The van der Waals surface area contributed by atoms with Crippen molar-refractivity contribution in [3.63, 3.8) is 0 Å². The smallest absolute Gasteiger partial charge is 0.320 e. The molecular formula is C14H20N2O5. The van der Waals surface area contributed by atoms with E-state index in [9.17, 15) is 9.59 Å². The third kappa shape index (κ3) is 3.36. The molecule has 0 bridgehead atoms. The lowest BCUT2D eigenvalue weighted by Crippen LogP contribution is -2.48. The average molecular weight is 296 g/mol. The van der Waals surface area contributed by atoms with Crippen LogP contribution in [0.25, 0.3) is 0 Å². The van der Waals surface area contributed by atoms with Gasteiger partial charge < -0.3 is 24.1 Å². The number of hydrogen-bond donors (Lipinski definition) is 1. The van der Waals surface area contributed by atoms with Gasteiger partial charge in [0, 0.05) is 14.1 Å². The number of rotatable bonds is 4. The Labute approximate surface area is 123 Å². The topological polar surface area (TPSA) is 83.2 Å². The van der Waals surface area contributed by atoms with Gasteiger partial charge in [0.2, 0.25) is 0 Å². The second-order valence-corrected chi connectivity index (χ2v) is 5.31. The summed E-state index contributed by atoms with van der Waals surface area (Å²) in [6, 6.07) is 2.95. The van der Waals surface area contributed by atoms with E-state index < -0.39 is 17.9 Å². The van der Waals surface area contributed by atoms with Crippen molar-refractivity contribution < 1.29 is 23.8 Å². The van der Waals surface area contributed by atoms with Crippen molar-refractivity contribution in [1.29, 1.82) is 0 Å². The van der Waals surface area contributed by atoms with Crippen LogP contribution in [0.15, 0.2) is 16.5 Å². The standard InChI is InChI=1S/C14H20N2O5/c1-9-4-5-10(21-9)6-15(2)14(19)16(3)12-8-20-7-11(12)13(17)18/h4-5,11-12H,6-8H2,1-3H3,(H,17,18). The van der Waals surface area contributed by atoms with Crippen molar-refractivity contribution in [1.82, 2.24) is 9.80 Å². The fraction of sp³-hybridized carbons (Fsp3) is 0.571. The van der Waals surface area contributed by atoms with Crippen LogP contribution in [-0.2, 0) is 16.1 Å². The number of ether oxygens (including phenoxy) is 1. The molecule has 0 radical (unpaired) electrons. The molecule has 116 valence electrons. The highest BCUT2D eigenvalue weighted by atomic mass is 16.5. The van der Waals surface area contributed by atoms with E-state index >= 15 is 0 Å². The van der Waals surface area contributed by atoms with Crippen LogP contribution in [0.3, 0.4) is 0 Å². The van der Waals surface area contributed by atoms with Crippen LogP contribution >= 0.6 is 0 Å². The number of carbonyl (C=O) groups is 2. The Morgan fingerprint density at radius 1 is 1.33 bits per heavy atom. The van der Waals surface area contributed by atoms with Crippen molar-refractivity contribution in [2.75, 3.05) is 27.3 Å². The Hall–Kier alpha value is -2.02. The highest BCUT2D eigenvalue weighted by molar-refractivity contribution is 5.77. The molecular weight excluding hydrogens is 276 g/mol. The van der Waals surface area contributed by atoms with E-state index in [4.69, 9.17) is 14.3 Å². The molecule has 0 saturated carbocycles. The molecule has 2 heterocycles. The third-order valence-corrected chi connectivity index (χ3v) is 3.68. The molecule has 21 heavy (non-hydrogen) atoms. The van der Waals surface area contributed by atoms with Crippen LogP contribution in [0.5, 0.6) is 0 Å². The maximum atomic E-state index is 12.4. The number of carbonyl (C=O) groups excluding carboxylic acids is 1. The van der Waals surface area contributed by atoms with Crippen molar-refractivity contribution in [3.8, 4) is 0 Å². The lowest BCUT2D eigenvalue weighted by Gasteiger charge is -2.30. The molecule has 0 spiro atoms. The number of carboxylic acid groups (broad SMARTS) is 1. The largest absolute Gasteiger partial charge is 0.481 e. The number of furan rings is 1. The molecule has 1 saturated heterocycles. The number of aryl methyl sites for hydroxylation is 1. The molecule has 7 heteroatoms. The quantitative estimate of drug-likeness (QED) is 0.901. The zero-order valence-corrected chi connectivity index (χ0v) is 12.4. The van der Waals surface area contributed by atoms with E-state index in [-0.39, 0.29) is 19.2 Å². The first-order valence-electron chi connectivity index (χ1n) is 6.74. The van der Waals surface area contributed by atoms with Gasteiger partial charge in [-0.05, 0) is 19.1 Å². The van der Waals surface area contributed by atoms with Crippen LogP contribution in [0, 0.1) is 12.8 Å². The Kier molecular flexibility index (Phi) is 4.52. The molecule has 1 aliphatic heterocycles. The van der Waals surface area contributed by atoms with Crippen LogP contribution < -0.4 is 0 Å². The van der Waals surface area contributed by atoms with Gasteiger partial charge in [-0.3, -0.25) is 4.79 Å². The van der Waals surface area contributed by atoms with E-state index in [1.165, 1.54) is 9.80 Å². The number of nitrogens with zero attached hydrogens (tertiary/aromatic N) is 2. The second kappa shape index (κ2) is 6.17. The van der Waals surface area contributed by atoms with Crippen molar-refractivity contribution in [2.45, 2.75) is 19.5 Å². The summed E-state index contributed by atoms with van der Waals surface area (Å²) in [7, 11) is 3.25. The Morgan fingerprint density at radius 2 is 2.05 bits per heavy atom. The summed E-state index contributed by atoms with van der Waals surface area (Å²) in [4.78, 5) is 26.5. The molecule has 2 rings (SSSR count). The highest BCUT2D eigenvalue weighted by Crippen LogP contribution is 2.20. The number of hydrogen-bond acceptors (Lipinski definition) is 4. The summed E-state index contributed by atoms with van der Waals surface area (Å²) in [5.74, 6) is -0.150. The molecule has 0 aliphatic carbocycles. The monoisotopic (exact) mass is 296 g/mol. The van der Waals surface area contributed by atoms with Gasteiger partial charge in [-0.1, -0.05) is 0 Å². The molecule has 7 nitrogen and oxygen atoms in total. The molecule has 2 atom stereocenters. The SMILES string of the molecule is Cc1ccc(CN(C)C(=O)N(C)C2COCC2C(=O)O)o1. The third-order valence-electron chi connectivity index (χ3n) is 3.68. The van der Waals surface area contributed by atoms with Gasteiger partial charge in [0.05, 0.1) is 25.8 Å². The number of likely N-dealkylation sites (N-methyl/N-ethyl adjacent to an activating group) is 1. The minimum atomic E-state index is -0.943. The predicted octanol–water partition coefficient (Wildman–Crippen LogP) is 1.17. The fourth-order valence-corrected chi connectivity index (χ4v) is 2.44. The number of urea groups is 1. The van der Waals surface area contributed by atoms with E-state index in [1.54, 1.807) is 14.1 Å². The lowest BCUT2D eigenvalue weighted by atomic mass is 10.0. The fourth-order valence-electron chi connectivity index (χ4n) is 2.44. The van der Waals surface area contributed by atoms with Crippen LogP contribution in [0.2, 0.25) is 0 Å². The maximum absolute atomic E-state index is 12.4. The average Bonchev–Trinajstić information content (AvgIpc) is 3.05. The van der Waals surface area contributed by atoms with E-state index in [1.807, 2.05) is 19.1 Å². The zero-order chi connectivity index (χ0) is 15.6. The Bertz CT molecular complexity index is 527. The summed E-state index contributed by atoms with van der Waals surface area (Å²) in [5.41, 5.74) is 0. The molecule has 0 aromatic carbocycles. The van der Waals surface area contributed by atoms with Crippen LogP contribution in [-0.4, -0.2) is 60.3 Å². The highest BCUT2D eigenvalue weighted by Gasteiger charge is 2.39. The van der Waals surface area contributed by atoms with Gasteiger partial charge in [-0.15, -0.1) is 0 Å². The Morgan fingerprint density at radius 3 is 2.62 bits per heavy atom. The van der Waals surface area contributed by atoms with E-state index in [2.05, 4.69) is 0 Å². The number of carboxylic acids is 1. The molecule has 2 amide bonds. The van der Waals surface area contributed by atoms with Crippen molar-refractivity contribution >= 4 is 12.0 Å². The lowest BCUT2D eigenvalue weighted by molar-refractivity contribution is -0.142.